The first-order valence-corrected chi connectivity index (χ1v) is 7.14. The summed E-state index contributed by atoms with van der Waals surface area (Å²) >= 11 is 0. The molecule has 0 aliphatic heterocycles. The second kappa shape index (κ2) is 4.80. The molecule has 100 valence electrons. The Hall–Kier alpha value is -1.64. The van der Waals surface area contributed by atoms with E-state index in [0.717, 1.165) is 16.6 Å². The third kappa shape index (κ3) is 2.18. The average Bonchev–Trinajstić information content (AvgIpc) is 2.77. The molecule has 0 atom stereocenters. The van der Waals surface area contributed by atoms with Crippen LogP contribution >= 0.6 is 0 Å². The highest BCUT2D eigenvalue weighted by molar-refractivity contribution is 5.97. The number of fused-ring (bicyclic) bond motifs is 1. The Kier molecular flexibility index (Phi) is 3.13. The van der Waals surface area contributed by atoms with E-state index in [2.05, 4.69) is 11.6 Å². The van der Waals surface area contributed by atoms with Gasteiger partial charge in [-0.05, 0) is 38.0 Å². The van der Waals surface area contributed by atoms with E-state index < -0.39 is 0 Å². The molecule has 0 unspecified atom stereocenters. The largest absolute Gasteiger partial charge is 0.331 e. The quantitative estimate of drug-likeness (QED) is 0.765. The van der Waals surface area contributed by atoms with Gasteiger partial charge in [-0.25, -0.2) is 4.98 Å². The molecule has 3 nitrogen and oxygen atoms in total. The van der Waals surface area contributed by atoms with E-state index in [1.807, 2.05) is 18.2 Å². The van der Waals surface area contributed by atoms with Crippen molar-refractivity contribution in [2.24, 2.45) is 7.05 Å². The maximum Gasteiger partial charge on any atom is 0.159 e. The first-order chi connectivity index (χ1) is 9.16. The average molecular weight is 256 g/mol. The first-order valence-electron chi connectivity index (χ1n) is 7.14. The van der Waals surface area contributed by atoms with Crippen molar-refractivity contribution in [2.75, 3.05) is 0 Å². The lowest BCUT2D eigenvalue weighted by atomic mass is 9.89. The van der Waals surface area contributed by atoms with Crippen LogP contribution in [0.25, 0.3) is 11.0 Å². The molecule has 1 aliphatic rings. The Bertz CT molecular complexity index is 621. The van der Waals surface area contributed by atoms with Crippen molar-refractivity contribution < 1.29 is 4.79 Å². The molecule has 1 fully saturated rings. The summed E-state index contributed by atoms with van der Waals surface area (Å²) in [6.07, 6.45) is 6.47. The molecule has 19 heavy (non-hydrogen) atoms. The van der Waals surface area contributed by atoms with E-state index in [9.17, 15) is 4.79 Å². The van der Waals surface area contributed by atoms with Crippen molar-refractivity contribution >= 4 is 16.8 Å². The Balaban J connectivity index is 2.06. The number of imidazole rings is 1. The number of nitrogens with zero attached hydrogens (tertiary/aromatic N) is 2. The van der Waals surface area contributed by atoms with E-state index in [1.54, 1.807) is 6.92 Å². The third-order valence-corrected chi connectivity index (χ3v) is 4.29. The minimum absolute atomic E-state index is 0.113. The van der Waals surface area contributed by atoms with Crippen LogP contribution in [0.5, 0.6) is 0 Å². The van der Waals surface area contributed by atoms with Crippen LogP contribution in [0.1, 0.15) is 61.1 Å². The number of ketones is 1. The Labute approximate surface area is 113 Å². The molecule has 3 heteroatoms. The van der Waals surface area contributed by atoms with Gasteiger partial charge in [0.05, 0.1) is 11.0 Å². The maximum absolute atomic E-state index is 11.5. The summed E-state index contributed by atoms with van der Waals surface area (Å²) in [6.45, 7) is 1.61. The van der Waals surface area contributed by atoms with Gasteiger partial charge >= 0.3 is 0 Å². The minimum atomic E-state index is 0.113. The molecule has 3 rings (SSSR count). The van der Waals surface area contributed by atoms with Crippen LogP contribution in [0.15, 0.2) is 18.2 Å². The number of aryl methyl sites for hydroxylation is 1. The summed E-state index contributed by atoms with van der Waals surface area (Å²) in [4.78, 5) is 16.3. The summed E-state index contributed by atoms with van der Waals surface area (Å²) in [7, 11) is 2.07. The lowest BCUT2D eigenvalue weighted by Crippen LogP contribution is -2.10. The van der Waals surface area contributed by atoms with Crippen LogP contribution in [0, 0.1) is 0 Å². The molecule has 0 radical (unpaired) electrons. The van der Waals surface area contributed by atoms with Crippen LogP contribution < -0.4 is 0 Å². The molecule has 0 spiro atoms. The molecule has 1 aromatic carbocycles. The van der Waals surface area contributed by atoms with Crippen molar-refractivity contribution in [3.63, 3.8) is 0 Å². The van der Waals surface area contributed by atoms with E-state index in [0.29, 0.717) is 5.92 Å². The van der Waals surface area contributed by atoms with E-state index in [1.165, 1.54) is 37.9 Å². The van der Waals surface area contributed by atoms with Gasteiger partial charge in [0.25, 0.3) is 0 Å². The number of Topliss-reactive ketones (excluding diaryl/α,β-unsaturated/α-hetero) is 1. The first kappa shape index (κ1) is 12.4. The monoisotopic (exact) mass is 256 g/mol. The predicted molar refractivity (Wildman–Crippen MR) is 76.5 cm³/mol. The molecule has 1 aliphatic carbocycles. The standard InChI is InChI=1S/C16H20N2O/c1-11(19)13-8-9-14-15(10-13)18(2)16(17-14)12-6-4-3-5-7-12/h8-10,12H,3-7H2,1-2H3. The van der Waals surface area contributed by atoms with E-state index >= 15 is 0 Å². The van der Waals surface area contributed by atoms with Crippen LogP contribution in [-0.2, 0) is 7.05 Å². The number of carbonyl (C=O) groups is 1. The molecule has 1 aromatic heterocycles. The van der Waals surface area contributed by atoms with Crippen LogP contribution in [0.4, 0.5) is 0 Å². The third-order valence-electron chi connectivity index (χ3n) is 4.29. The van der Waals surface area contributed by atoms with Gasteiger partial charge in [0, 0.05) is 18.5 Å². The van der Waals surface area contributed by atoms with Crippen molar-refractivity contribution in [2.45, 2.75) is 44.9 Å². The van der Waals surface area contributed by atoms with Crippen molar-refractivity contribution in [1.82, 2.24) is 9.55 Å². The van der Waals surface area contributed by atoms with Gasteiger partial charge in [0.2, 0.25) is 0 Å². The zero-order valence-corrected chi connectivity index (χ0v) is 11.6. The molecule has 1 saturated carbocycles. The number of benzene rings is 1. The van der Waals surface area contributed by atoms with Gasteiger partial charge in [-0.3, -0.25) is 4.79 Å². The van der Waals surface area contributed by atoms with Gasteiger partial charge < -0.3 is 4.57 Å². The molecule has 2 aromatic rings. The maximum atomic E-state index is 11.5. The molecule has 0 amide bonds. The second-order valence-electron chi connectivity index (χ2n) is 5.62. The number of carbonyl (C=O) groups excluding carboxylic acids is 1. The Morgan fingerprint density at radius 1 is 1.26 bits per heavy atom. The summed E-state index contributed by atoms with van der Waals surface area (Å²) in [5.41, 5.74) is 2.85. The SMILES string of the molecule is CC(=O)c1ccc2nc(C3CCCCC3)n(C)c2c1. The molecule has 1 heterocycles. The smallest absolute Gasteiger partial charge is 0.159 e. The number of hydrogen-bond acceptors (Lipinski definition) is 2. The normalized spacial score (nSPS) is 16.9. The van der Waals surface area contributed by atoms with Crippen LogP contribution in [0.2, 0.25) is 0 Å². The summed E-state index contributed by atoms with van der Waals surface area (Å²) in [5.74, 6) is 1.89. The lowest BCUT2D eigenvalue weighted by molar-refractivity contribution is 0.101. The summed E-state index contributed by atoms with van der Waals surface area (Å²) < 4.78 is 2.18. The second-order valence-corrected chi connectivity index (χ2v) is 5.62. The van der Waals surface area contributed by atoms with E-state index in [4.69, 9.17) is 4.98 Å². The molecule has 0 bridgehead atoms. The van der Waals surface area contributed by atoms with Crippen molar-refractivity contribution in [3.05, 3.63) is 29.6 Å². The number of aromatic nitrogens is 2. The van der Waals surface area contributed by atoms with Crippen molar-refractivity contribution in [3.8, 4) is 0 Å². The minimum Gasteiger partial charge on any atom is -0.331 e. The van der Waals surface area contributed by atoms with Crippen LogP contribution in [-0.4, -0.2) is 15.3 Å². The van der Waals surface area contributed by atoms with Crippen LogP contribution in [0.3, 0.4) is 0 Å². The van der Waals surface area contributed by atoms with Gasteiger partial charge in [-0.2, -0.15) is 0 Å². The number of rotatable bonds is 2. The van der Waals surface area contributed by atoms with Gasteiger partial charge in [0.1, 0.15) is 5.82 Å². The van der Waals surface area contributed by atoms with Gasteiger partial charge in [0.15, 0.2) is 5.78 Å². The fraction of sp³-hybridized carbons (Fsp3) is 0.500. The zero-order chi connectivity index (χ0) is 13.4. The topological polar surface area (TPSA) is 34.9 Å². The Morgan fingerprint density at radius 2 is 2.00 bits per heavy atom. The highest BCUT2D eigenvalue weighted by Crippen LogP contribution is 2.33. The highest BCUT2D eigenvalue weighted by atomic mass is 16.1. The summed E-state index contributed by atoms with van der Waals surface area (Å²) in [6, 6.07) is 5.82. The van der Waals surface area contributed by atoms with E-state index in [-0.39, 0.29) is 5.78 Å². The lowest BCUT2D eigenvalue weighted by Gasteiger charge is -2.21. The molecular formula is C16H20N2O. The van der Waals surface area contributed by atoms with Gasteiger partial charge in [-0.1, -0.05) is 19.3 Å². The molecular weight excluding hydrogens is 236 g/mol. The van der Waals surface area contributed by atoms with Crippen molar-refractivity contribution in [1.29, 1.82) is 0 Å². The molecule has 0 N–H and O–H groups in total. The number of hydrogen-bond donors (Lipinski definition) is 0. The predicted octanol–water partition coefficient (Wildman–Crippen LogP) is 3.82. The fourth-order valence-corrected chi connectivity index (χ4v) is 3.15. The fourth-order valence-electron chi connectivity index (χ4n) is 3.15. The van der Waals surface area contributed by atoms with Gasteiger partial charge in [-0.15, -0.1) is 0 Å². The Morgan fingerprint density at radius 3 is 2.68 bits per heavy atom. The molecule has 0 saturated heterocycles. The summed E-state index contributed by atoms with van der Waals surface area (Å²) in [5, 5.41) is 0. The zero-order valence-electron chi connectivity index (χ0n) is 11.6. The highest BCUT2D eigenvalue weighted by Gasteiger charge is 2.21.